The van der Waals surface area contributed by atoms with Crippen LogP contribution in [-0.4, -0.2) is 60.8 Å². The second-order valence-electron chi connectivity index (χ2n) is 7.53. The van der Waals surface area contributed by atoms with Crippen molar-refractivity contribution in [2.75, 3.05) is 32.5 Å². The maximum absolute atomic E-state index is 14.3. The van der Waals surface area contributed by atoms with Gasteiger partial charge in [0.05, 0.1) is 16.3 Å². The zero-order valence-corrected chi connectivity index (χ0v) is 18.3. The largest absolute Gasteiger partial charge is 0.490 e. The van der Waals surface area contributed by atoms with Gasteiger partial charge in [0.1, 0.15) is 23.5 Å². The van der Waals surface area contributed by atoms with E-state index in [2.05, 4.69) is 5.32 Å². The minimum atomic E-state index is -1.03. The number of hydrogen-bond acceptors (Lipinski definition) is 4. The summed E-state index contributed by atoms with van der Waals surface area (Å²) in [5.74, 6) is -2.99. The lowest BCUT2D eigenvalue weighted by Crippen LogP contribution is -2.42. The molecule has 7 nitrogen and oxygen atoms in total. The number of amides is 3. The van der Waals surface area contributed by atoms with Gasteiger partial charge in [-0.05, 0) is 36.4 Å². The Morgan fingerprint density at radius 3 is 2.31 bits per heavy atom. The SMILES string of the molecule is CN(C)C(=O)C(=O)Nc1cc(C(=O)N2CCC(Oc3ccc(F)cc3)CC2)c(Cl)cc1F. The topological polar surface area (TPSA) is 79.0 Å². The molecule has 0 atom stereocenters. The van der Waals surface area contributed by atoms with E-state index in [0.29, 0.717) is 31.7 Å². The van der Waals surface area contributed by atoms with E-state index < -0.39 is 23.5 Å². The van der Waals surface area contributed by atoms with E-state index >= 15 is 0 Å². The lowest BCUT2D eigenvalue weighted by molar-refractivity contribution is -0.141. The van der Waals surface area contributed by atoms with Crippen LogP contribution in [0.25, 0.3) is 0 Å². The van der Waals surface area contributed by atoms with Gasteiger partial charge in [0.25, 0.3) is 5.91 Å². The predicted octanol–water partition coefficient (Wildman–Crippen LogP) is 3.33. The van der Waals surface area contributed by atoms with Crippen LogP contribution in [0, 0.1) is 11.6 Å². The zero-order valence-electron chi connectivity index (χ0n) is 17.5. The lowest BCUT2D eigenvalue weighted by atomic mass is 10.1. The minimum absolute atomic E-state index is 0.0126. The molecule has 0 aromatic heterocycles. The molecule has 0 bridgehead atoms. The first-order chi connectivity index (χ1) is 15.2. The van der Waals surface area contributed by atoms with Crippen LogP contribution in [0.5, 0.6) is 5.75 Å². The van der Waals surface area contributed by atoms with Crippen molar-refractivity contribution >= 4 is 35.0 Å². The van der Waals surface area contributed by atoms with Gasteiger partial charge >= 0.3 is 11.8 Å². The molecular formula is C22H22ClF2N3O4. The van der Waals surface area contributed by atoms with Crippen molar-refractivity contribution in [3.63, 3.8) is 0 Å². The van der Waals surface area contributed by atoms with Crippen LogP contribution in [0.4, 0.5) is 14.5 Å². The number of halogens is 3. The first-order valence-corrected chi connectivity index (χ1v) is 10.3. The molecule has 2 aromatic carbocycles. The number of hydrogen-bond donors (Lipinski definition) is 1. The molecule has 0 radical (unpaired) electrons. The molecule has 32 heavy (non-hydrogen) atoms. The Labute approximate surface area is 188 Å². The molecule has 1 heterocycles. The number of carbonyl (C=O) groups is 3. The van der Waals surface area contributed by atoms with Crippen LogP contribution in [0.1, 0.15) is 23.2 Å². The number of carbonyl (C=O) groups excluding carboxylic acids is 3. The minimum Gasteiger partial charge on any atom is -0.490 e. The monoisotopic (exact) mass is 465 g/mol. The fourth-order valence-corrected chi connectivity index (χ4v) is 3.47. The average molecular weight is 466 g/mol. The Kier molecular flexibility index (Phi) is 7.29. The first-order valence-electron chi connectivity index (χ1n) is 9.89. The fourth-order valence-electron chi connectivity index (χ4n) is 3.24. The Morgan fingerprint density at radius 1 is 1.09 bits per heavy atom. The van der Waals surface area contributed by atoms with E-state index in [1.54, 1.807) is 17.0 Å². The number of anilines is 1. The van der Waals surface area contributed by atoms with Crippen molar-refractivity contribution in [2.45, 2.75) is 18.9 Å². The predicted molar refractivity (Wildman–Crippen MR) is 115 cm³/mol. The molecular weight excluding hydrogens is 444 g/mol. The molecule has 1 N–H and O–H groups in total. The second kappa shape index (κ2) is 9.95. The third-order valence-corrected chi connectivity index (χ3v) is 5.29. The highest BCUT2D eigenvalue weighted by Crippen LogP contribution is 2.27. The number of nitrogens with one attached hydrogen (secondary N) is 1. The van der Waals surface area contributed by atoms with Gasteiger partial charge < -0.3 is 19.9 Å². The number of piperidine rings is 1. The van der Waals surface area contributed by atoms with Gasteiger partial charge in [0.15, 0.2) is 0 Å². The van der Waals surface area contributed by atoms with Crippen LogP contribution >= 0.6 is 11.6 Å². The fraction of sp³-hybridized carbons (Fsp3) is 0.318. The van der Waals surface area contributed by atoms with E-state index in [-0.39, 0.29) is 28.2 Å². The summed E-state index contributed by atoms with van der Waals surface area (Å²) in [7, 11) is 2.77. The summed E-state index contributed by atoms with van der Waals surface area (Å²) in [6, 6.07) is 7.76. The summed E-state index contributed by atoms with van der Waals surface area (Å²) < 4.78 is 33.1. The summed E-state index contributed by atoms with van der Waals surface area (Å²) in [5.41, 5.74) is -0.300. The van der Waals surface area contributed by atoms with E-state index in [1.807, 2.05) is 0 Å². The molecule has 0 aliphatic carbocycles. The summed E-state index contributed by atoms with van der Waals surface area (Å²) >= 11 is 6.08. The molecule has 1 aliphatic heterocycles. The van der Waals surface area contributed by atoms with Gasteiger partial charge in [-0.3, -0.25) is 14.4 Å². The normalized spacial score (nSPS) is 14.1. The van der Waals surface area contributed by atoms with E-state index in [1.165, 1.54) is 26.2 Å². The Balaban J connectivity index is 1.66. The number of nitrogens with zero attached hydrogens (tertiary/aromatic N) is 2. The number of likely N-dealkylation sites (N-methyl/N-ethyl adjacent to an activating group) is 1. The summed E-state index contributed by atoms with van der Waals surface area (Å²) in [6.45, 7) is 0.748. The summed E-state index contributed by atoms with van der Waals surface area (Å²) in [4.78, 5) is 39.2. The molecule has 3 rings (SSSR count). The number of benzene rings is 2. The smallest absolute Gasteiger partial charge is 0.313 e. The maximum Gasteiger partial charge on any atom is 0.313 e. The van der Waals surface area contributed by atoms with Crippen molar-refractivity contribution in [1.82, 2.24) is 9.80 Å². The Morgan fingerprint density at radius 2 is 1.72 bits per heavy atom. The van der Waals surface area contributed by atoms with Crippen molar-refractivity contribution in [3.05, 3.63) is 58.6 Å². The first kappa shape index (κ1) is 23.5. The highest BCUT2D eigenvalue weighted by atomic mass is 35.5. The van der Waals surface area contributed by atoms with Gasteiger partial charge in [0.2, 0.25) is 0 Å². The summed E-state index contributed by atoms with van der Waals surface area (Å²) in [5, 5.41) is 2.07. The highest BCUT2D eigenvalue weighted by Gasteiger charge is 2.27. The van der Waals surface area contributed by atoms with Crippen molar-refractivity contribution < 1.29 is 27.9 Å². The number of likely N-dealkylation sites (tertiary alicyclic amines) is 1. The Hall–Kier alpha value is -3.20. The quantitative estimate of drug-likeness (QED) is 0.702. The average Bonchev–Trinajstić information content (AvgIpc) is 2.76. The molecule has 1 fully saturated rings. The van der Waals surface area contributed by atoms with Gasteiger partial charge in [-0.25, -0.2) is 8.78 Å². The van der Waals surface area contributed by atoms with E-state index in [0.717, 1.165) is 17.0 Å². The van der Waals surface area contributed by atoms with Crippen molar-refractivity contribution in [3.8, 4) is 5.75 Å². The van der Waals surface area contributed by atoms with Crippen molar-refractivity contribution in [2.24, 2.45) is 0 Å². The molecule has 0 saturated carbocycles. The molecule has 0 spiro atoms. The maximum atomic E-state index is 14.3. The molecule has 0 unspecified atom stereocenters. The van der Waals surface area contributed by atoms with Gasteiger partial charge in [-0.2, -0.15) is 0 Å². The number of ether oxygens (including phenoxy) is 1. The van der Waals surface area contributed by atoms with Gasteiger partial charge in [0, 0.05) is 40.0 Å². The third-order valence-electron chi connectivity index (χ3n) is 4.98. The highest BCUT2D eigenvalue weighted by molar-refractivity contribution is 6.39. The van der Waals surface area contributed by atoms with Gasteiger partial charge in [-0.15, -0.1) is 0 Å². The van der Waals surface area contributed by atoms with E-state index in [9.17, 15) is 23.2 Å². The second-order valence-corrected chi connectivity index (χ2v) is 7.94. The number of rotatable bonds is 4. The molecule has 2 aromatic rings. The lowest BCUT2D eigenvalue weighted by Gasteiger charge is -2.32. The molecule has 170 valence electrons. The van der Waals surface area contributed by atoms with Crippen LogP contribution in [0.3, 0.4) is 0 Å². The van der Waals surface area contributed by atoms with E-state index in [4.69, 9.17) is 16.3 Å². The standard InChI is InChI=1S/C22H22ClF2N3O4/c1-27(2)22(31)20(29)26-19-11-16(17(23)12-18(19)25)21(30)28-9-7-15(8-10-28)32-14-5-3-13(24)4-6-14/h3-6,11-12,15H,7-10H2,1-2H3,(H,26,29). The molecule has 1 saturated heterocycles. The molecule has 1 aliphatic rings. The van der Waals surface area contributed by atoms with Crippen LogP contribution in [0.15, 0.2) is 36.4 Å². The van der Waals surface area contributed by atoms with Crippen LogP contribution in [-0.2, 0) is 9.59 Å². The zero-order chi connectivity index (χ0) is 23.4. The van der Waals surface area contributed by atoms with Crippen LogP contribution < -0.4 is 10.1 Å². The van der Waals surface area contributed by atoms with Crippen LogP contribution in [0.2, 0.25) is 5.02 Å². The summed E-state index contributed by atoms with van der Waals surface area (Å²) in [6.07, 6.45) is 0.950. The van der Waals surface area contributed by atoms with Gasteiger partial charge in [-0.1, -0.05) is 11.6 Å². The van der Waals surface area contributed by atoms with Crippen molar-refractivity contribution in [1.29, 1.82) is 0 Å². The molecule has 10 heteroatoms. The Bertz CT molecular complexity index is 1020. The third kappa shape index (κ3) is 5.53. The molecule has 3 amide bonds.